The molecule has 0 heterocycles. The van der Waals surface area contributed by atoms with Crippen LogP contribution in [0.25, 0.3) is 0 Å². The molecule has 2 aromatic rings. The third kappa shape index (κ3) is 3.10. The van der Waals surface area contributed by atoms with E-state index in [9.17, 15) is 0 Å². The predicted molar refractivity (Wildman–Crippen MR) is 81.6 cm³/mol. The summed E-state index contributed by atoms with van der Waals surface area (Å²) >= 11 is 12.4. The van der Waals surface area contributed by atoms with E-state index >= 15 is 0 Å². The Kier molecular flexibility index (Phi) is 4.83. The van der Waals surface area contributed by atoms with E-state index in [2.05, 4.69) is 5.32 Å². The van der Waals surface area contributed by atoms with Gasteiger partial charge < -0.3 is 11.1 Å². The van der Waals surface area contributed by atoms with Crippen LogP contribution < -0.4 is 11.1 Å². The lowest BCUT2D eigenvalue weighted by atomic mass is 9.94. The summed E-state index contributed by atoms with van der Waals surface area (Å²) in [6.45, 7) is 0. The van der Waals surface area contributed by atoms with E-state index < -0.39 is 0 Å². The summed E-state index contributed by atoms with van der Waals surface area (Å²) in [4.78, 5) is 0. The van der Waals surface area contributed by atoms with Gasteiger partial charge in [0.15, 0.2) is 0 Å². The smallest absolute Gasteiger partial charge is 0.0529 e. The van der Waals surface area contributed by atoms with Crippen LogP contribution in [0.2, 0.25) is 10.0 Å². The first-order chi connectivity index (χ1) is 9.15. The van der Waals surface area contributed by atoms with E-state index in [1.807, 2.05) is 55.6 Å². The summed E-state index contributed by atoms with van der Waals surface area (Å²) in [7, 11) is 1.87. The SMILES string of the molecule is CNC(c1ccccc1Cl)C(N)c1ccccc1Cl. The molecule has 100 valence electrons. The molecule has 2 aromatic carbocycles. The molecule has 0 aliphatic rings. The summed E-state index contributed by atoms with van der Waals surface area (Å²) in [6.07, 6.45) is 0. The zero-order valence-electron chi connectivity index (χ0n) is 10.6. The van der Waals surface area contributed by atoms with E-state index in [-0.39, 0.29) is 12.1 Å². The molecule has 0 aromatic heterocycles. The summed E-state index contributed by atoms with van der Waals surface area (Å²) in [6, 6.07) is 14.9. The first-order valence-electron chi connectivity index (χ1n) is 6.07. The zero-order chi connectivity index (χ0) is 13.8. The molecule has 0 aliphatic heterocycles. The van der Waals surface area contributed by atoms with Crippen molar-refractivity contribution in [2.45, 2.75) is 12.1 Å². The number of halogens is 2. The predicted octanol–water partition coefficient (Wildman–Crippen LogP) is 3.95. The zero-order valence-corrected chi connectivity index (χ0v) is 12.1. The maximum Gasteiger partial charge on any atom is 0.0529 e. The molecule has 2 rings (SSSR count). The van der Waals surface area contributed by atoms with Crippen LogP contribution in [0.3, 0.4) is 0 Å². The molecule has 0 saturated heterocycles. The minimum absolute atomic E-state index is 0.0893. The van der Waals surface area contributed by atoms with Gasteiger partial charge in [-0.3, -0.25) is 0 Å². The van der Waals surface area contributed by atoms with Crippen LogP contribution in [-0.2, 0) is 0 Å². The number of nitrogens with two attached hydrogens (primary N) is 1. The number of nitrogens with one attached hydrogen (secondary N) is 1. The van der Waals surface area contributed by atoms with Gasteiger partial charge in [-0.15, -0.1) is 0 Å². The van der Waals surface area contributed by atoms with Crippen molar-refractivity contribution in [1.82, 2.24) is 5.32 Å². The summed E-state index contributed by atoms with van der Waals surface area (Å²) in [5, 5.41) is 4.58. The quantitative estimate of drug-likeness (QED) is 0.896. The van der Waals surface area contributed by atoms with Crippen LogP contribution in [0.1, 0.15) is 23.2 Å². The fourth-order valence-corrected chi connectivity index (χ4v) is 2.70. The van der Waals surface area contributed by atoms with Gasteiger partial charge in [0.25, 0.3) is 0 Å². The highest BCUT2D eigenvalue weighted by Gasteiger charge is 2.23. The van der Waals surface area contributed by atoms with Gasteiger partial charge in [-0.2, -0.15) is 0 Å². The third-order valence-electron chi connectivity index (χ3n) is 3.17. The average molecular weight is 295 g/mol. The molecule has 0 amide bonds. The monoisotopic (exact) mass is 294 g/mol. The van der Waals surface area contributed by atoms with Crippen molar-refractivity contribution in [2.24, 2.45) is 5.73 Å². The molecule has 0 bridgehead atoms. The lowest BCUT2D eigenvalue weighted by Crippen LogP contribution is -2.29. The van der Waals surface area contributed by atoms with Gasteiger partial charge in [0.2, 0.25) is 0 Å². The lowest BCUT2D eigenvalue weighted by Gasteiger charge is -2.25. The molecule has 0 saturated carbocycles. The van der Waals surface area contributed by atoms with Crippen LogP contribution in [0.4, 0.5) is 0 Å². The molecule has 19 heavy (non-hydrogen) atoms. The number of rotatable bonds is 4. The number of likely N-dealkylation sites (N-methyl/N-ethyl adjacent to an activating group) is 1. The topological polar surface area (TPSA) is 38.0 Å². The van der Waals surface area contributed by atoms with Crippen molar-refractivity contribution >= 4 is 23.2 Å². The Bertz CT molecular complexity index is 557. The number of hydrogen-bond donors (Lipinski definition) is 2. The summed E-state index contributed by atoms with van der Waals surface area (Å²) in [5.74, 6) is 0. The molecule has 0 fully saturated rings. The van der Waals surface area contributed by atoms with E-state index in [4.69, 9.17) is 28.9 Å². The van der Waals surface area contributed by atoms with E-state index in [0.29, 0.717) is 10.0 Å². The summed E-state index contributed by atoms with van der Waals surface area (Å²) in [5.41, 5.74) is 8.22. The maximum absolute atomic E-state index is 6.35. The van der Waals surface area contributed by atoms with Gasteiger partial charge in [-0.25, -0.2) is 0 Å². The molecular formula is C15H16Cl2N2. The van der Waals surface area contributed by atoms with Gasteiger partial charge in [0, 0.05) is 10.0 Å². The van der Waals surface area contributed by atoms with Gasteiger partial charge >= 0.3 is 0 Å². The molecule has 0 spiro atoms. The van der Waals surface area contributed by atoms with Crippen molar-refractivity contribution in [2.75, 3.05) is 7.05 Å². The largest absolute Gasteiger partial charge is 0.322 e. The fraction of sp³-hybridized carbons (Fsp3) is 0.200. The lowest BCUT2D eigenvalue weighted by molar-refractivity contribution is 0.491. The molecular weight excluding hydrogens is 279 g/mol. The Morgan fingerprint density at radius 2 is 1.37 bits per heavy atom. The molecule has 4 heteroatoms. The molecule has 0 radical (unpaired) electrons. The standard InChI is InChI=1S/C15H16Cl2N2/c1-19-15(11-7-3-5-9-13(11)17)14(18)10-6-2-4-8-12(10)16/h2-9,14-15,19H,18H2,1H3. The second kappa shape index (κ2) is 6.40. The fourth-order valence-electron chi connectivity index (χ4n) is 2.18. The molecule has 2 unspecified atom stereocenters. The van der Waals surface area contributed by atoms with Crippen LogP contribution in [0.5, 0.6) is 0 Å². The molecule has 2 nitrogen and oxygen atoms in total. The first kappa shape index (κ1) is 14.4. The van der Waals surface area contributed by atoms with Crippen molar-refractivity contribution in [3.63, 3.8) is 0 Å². The van der Waals surface area contributed by atoms with Gasteiger partial charge in [0.05, 0.1) is 12.1 Å². The van der Waals surface area contributed by atoms with Crippen LogP contribution in [-0.4, -0.2) is 7.05 Å². The van der Waals surface area contributed by atoms with Crippen molar-refractivity contribution in [3.05, 3.63) is 69.7 Å². The Morgan fingerprint density at radius 3 is 1.84 bits per heavy atom. The third-order valence-corrected chi connectivity index (χ3v) is 3.86. The Hall–Kier alpha value is -1.06. The van der Waals surface area contributed by atoms with Crippen molar-refractivity contribution in [3.8, 4) is 0 Å². The van der Waals surface area contributed by atoms with Crippen LogP contribution >= 0.6 is 23.2 Å². The number of hydrogen-bond acceptors (Lipinski definition) is 2. The molecule has 3 N–H and O–H groups in total. The second-order valence-corrected chi connectivity index (χ2v) is 5.15. The van der Waals surface area contributed by atoms with Crippen molar-refractivity contribution < 1.29 is 0 Å². The van der Waals surface area contributed by atoms with E-state index in [1.165, 1.54) is 0 Å². The van der Waals surface area contributed by atoms with Crippen LogP contribution in [0, 0.1) is 0 Å². The summed E-state index contributed by atoms with van der Waals surface area (Å²) < 4.78 is 0. The molecule has 2 atom stereocenters. The highest BCUT2D eigenvalue weighted by Crippen LogP contribution is 2.33. The van der Waals surface area contributed by atoms with Crippen molar-refractivity contribution in [1.29, 1.82) is 0 Å². The second-order valence-electron chi connectivity index (χ2n) is 4.34. The number of benzene rings is 2. The Labute approximate surface area is 123 Å². The minimum atomic E-state index is -0.265. The van der Waals surface area contributed by atoms with Gasteiger partial charge in [0.1, 0.15) is 0 Å². The van der Waals surface area contributed by atoms with Gasteiger partial charge in [-0.1, -0.05) is 59.6 Å². The average Bonchev–Trinajstić information content (AvgIpc) is 2.42. The normalized spacial score (nSPS) is 14.1. The molecule has 0 aliphatic carbocycles. The van der Waals surface area contributed by atoms with Gasteiger partial charge in [-0.05, 0) is 30.3 Å². The Balaban J connectivity index is 2.38. The van der Waals surface area contributed by atoms with E-state index in [1.54, 1.807) is 0 Å². The minimum Gasteiger partial charge on any atom is -0.322 e. The van der Waals surface area contributed by atoms with Crippen LogP contribution in [0.15, 0.2) is 48.5 Å². The first-order valence-corrected chi connectivity index (χ1v) is 6.82. The maximum atomic E-state index is 6.35. The van der Waals surface area contributed by atoms with E-state index in [0.717, 1.165) is 11.1 Å². The highest BCUT2D eigenvalue weighted by molar-refractivity contribution is 6.31. The Morgan fingerprint density at radius 1 is 0.895 bits per heavy atom. The highest BCUT2D eigenvalue weighted by atomic mass is 35.5.